The number of carboxylic acids is 1. The first-order valence-electron chi connectivity index (χ1n) is 5.66. The molecule has 0 unspecified atom stereocenters. The van der Waals surface area contributed by atoms with E-state index in [1.807, 2.05) is 18.2 Å². The molecular weight excluding hydrogens is 204 g/mol. The summed E-state index contributed by atoms with van der Waals surface area (Å²) >= 11 is 0. The number of hydrogen-bond donors (Lipinski definition) is 1. The molecule has 1 N–H and O–H groups in total. The van der Waals surface area contributed by atoms with Gasteiger partial charge in [0.15, 0.2) is 0 Å². The standard InChI is InChI=1S/C13H18O3/c1-2-11-6-5-7-12(10-11)16-9-4-3-8-13(14)15/h5-7,10H,2-4,8-9H2,1H3,(H,14,15). The zero-order chi connectivity index (χ0) is 11.8. The van der Waals surface area contributed by atoms with Crippen LogP contribution in [0.3, 0.4) is 0 Å². The third-order valence-electron chi connectivity index (χ3n) is 2.36. The minimum atomic E-state index is -0.743. The van der Waals surface area contributed by atoms with Gasteiger partial charge < -0.3 is 9.84 Å². The van der Waals surface area contributed by atoms with Crippen LogP contribution in [0.5, 0.6) is 5.75 Å². The molecule has 0 aliphatic carbocycles. The van der Waals surface area contributed by atoms with Gasteiger partial charge in [0.05, 0.1) is 6.61 Å². The van der Waals surface area contributed by atoms with Gasteiger partial charge in [-0.15, -0.1) is 0 Å². The largest absolute Gasteiger partial charge is 0.494 e. The van der Waals surface area contributed by atoms with E-state index in [0.717, 1.165) is 18.6 Å². The van der Waals surface area contributed by atoms with E-state index in [0.29, 0.717) is 13.0 Å². The highest BCUT2D eigenvalue weighted by atomic mass is 16.5. The molecule has 16 heavy (non-hydrogen) atoms. The molecule has 0 aliphatic heterocycles. The van der Waals surface area contributed by atoms with E-state index in [9.17, 15) is 4.79 Å². The highest BCUT2D eigenvalue weighted by molar-refractivity contribution is 5.66. The van der Waals surface area contributed by atoms with E-state index in [2.05, 4.69) is 13.0 Å². The van der Waals surface area contributed by atoms with Crippen molar-refractivity contribution in [3.05, 3.63) is 29.8 Å². The lowest BCUT2D eigenvalue weighted by Crippen LogP contribution is -2.00. The first-order chi connectivity index (χ1) is 7.72. The number of hydrogen-bond acceptors (Lipinski definition) is 2. The maximum Gasteiger partial charge on any atom is 0.303 e. The van der Waals surface area contributed by atoms with Gasteiger partial charge in [0.1, 0.15) is 5.75 Å². The summed E-state index contributed by atoms with van der Waals surface area (Å²) in [5.41, 5.74) is 1.25. The van der Waals surface area contributed by atoms with Crippen molar-refractivity contribution in [3.63, 3.8) is 0 Å². The van der Waals surface area contributed by atoms with Crippen LogP contribution in [0.15, 0.2) is 24.3 Å². The Bertz CT molecular complexity index is 334. The average molecular weight is 222 g/mol. The van der Waals surface area contributed by atoms with E-state index in [1.54, 1.807) is 0 Å². The van der Waals surface area contributed by atoms with Gasteiger partial charge in [-0.25, -0.2) is 0 Å². The molecule has 0 fully saturated rings. The fourth-order valence-electron chi connectivity index (χ4n) is 1.42. The van der Waals surface area contributed by atoms with Crippen molar-refractivity contribution in [1.29, 1.82) is 0 Å². The van der Waals surface area contributed by atoms with Gasteiger partial charge in [-0.3, -0.25) is 4.79 Å². The minimum absolute atomic E-state index is 0.221. The first-order valence-corrected chi connectivity index (χ1v) is 5.66. The SMILES string of the molecule is CCc1cccc(OCCCCC(=O)O)c1. The number of ether oxygens (including phenoxy) is 1. The normalized spacial score (nSPS) is 10.1. The minimum Gasteiger partial charge on any atom is -0.494 e. The molecule has 0 amide bonds. The maximum atomic E-state index is 10.3. The fourth-order valence-corrected chi connectivity index (χ4v) is 1.42. The molecule has 88 valence electrons. The topological polar surface area (TPSA) is 46.5 Å². The molecule has 0 saturated carbocycles. The Morgan fingerprint density at radius 3 is 2.88 bits per heavy atom. The Labute approximate surface area is 96.1 Å². The van der Waals surface area contributed by atoms with E-state index >= 15 is 0 Å². The van der Waals surface area contributed by atoms with Crippen molar-refractivity contribution in [2.45, 2.75) is 32.6 Å². The highest BCUT2D eigenvalue weighted by Crippen LogP contribution is 2.14. The molecule has 1 aromatic carbocycles. The summed E-state index contributed by atoms with van der Waals surface area (Å²) < 4.78 is 5.54. The van der Waals surface area contributed by atoms with Gasteiger partial charge in [0.2, 0.25) is 0 Å². The molecule has 3 heteroatoms. The molecule has 0 saturated heterocycles. The molecule has 0 bridgehead atoms. The summed E-state index contributed by atoms with van der Waals surface area (Å²) in [6.45, 7) is 2.69. The number of carbonyl (C=O) groups is 1. The Balaban J connectivity index is 2.23. The Kier molecular flexibility index (Phi) is 5.40. The van der Waals surface area contributed by atoms with Crippen molar-refractivity contribution in [3.8, 4) is 5.75 Å². The molecule has 1 aromatic rings. The van der Waals surface area contributed by atoms with Crippen molar-refractivity contribution in [1.82, 2.24) is 0 Å². The fraction of sp³-hybridized carbons (Fsp3) is 0.462. The van der Waals surface area contributed by atoms with Crippen LogP contribution in [0.25, 0.3) is 0 Å². The van der Waals surface area contributed by atoms with Crippen LogP contribution in [0, 0.1) is 0 Å². The maximum absolute atomic E-state index is 10.3. The summed E-state index contributed by atoms with van der Waals surface area (Å²) in [6, 6.07) is 8.00. The van der Waals surface area contributed by atoms with Crippen LogP contribution in [0.4, 0.5) is 0 Å². The van der Waals surface area contributed by atoms with Crippen molar-refractivity contribution >= 4 is 5.97 Å². The summed E-state index contributed by atoms with van der Waals surface area (Å²) in [7, 11) is 0. The van der Waals surface area contributed by atoms with Gasteiger partial charge in [-0.1, -0.05) is 19.1 Å². The summed E-state index contributed by atoms with van der Waals surface area (Å²) in [5.74, 6) is 0.127. The van der Waals surface area contributed by atoms with Crippen LogP contribution in [0.2, 0.25) is 0 Å². The molecule has 0 aromatic heterocycles. The quantitative estimate of drug-likeness (QED) is 0.721. The van der Waals surface area contributed by atoms with Gasteiger partial charge in [-0.2, -0.15) is 0 Å². The lowest BCUT2D eigenvalue weighted by molar-refractivity contribution is -0.137. The second-order valence-corrected chi connectivity index (χ2v) is 3.70. The number of unbranched alkanes of at least 4 members (excludes halogenated alkanes) is 1. The van der Waals surface area contributed by atoms with E-state index in [4.69, 9.17) is 9.84 Å². The molecular formula is C13H18O3. The molecule has 0 radical (unpaired) electrons. The molecule has 0 atom stereocenters. The Hall–Kier alpha value is -1.51. The summed E-state index contributed by atoms with van der Waals surface area (Å²) in [4.78, 5) is 10.3. The second kappa shape index (κ2) is 6.88. The highest BCUT2D eigenvalue weighted by Gasteiger charge is 1.98. The molecule has 0 heterocycles. The van der Waals surface area contributed by atoms with E-state index < -0.39 is 5.97 Å². The van der Waals surface area contributed by atoms with Crippen LogP contribution in [-0.2, 0) is 11.2 Å². The molecule has 0 spiro atoms. The van der Waals surface area contributed by atoms with Crippen LogP contribution < -0.4 is 4.74 Å². The number of benzene rings is 1. The average Bonchev–Trinajstić information content (AvgIpc) is 2.28. The molecule has 1 rings (SSSR count). The van der Waals surface area contributed by atoms with Gasteiger partial charge in [0, 0.05) is 6.42 Å². The smallest absolute Gasteiger partial charge is 0.303 e. The van der Waals surface area contributed by atoms with Crippen molar-refractivity contribution in [2.75, 3.05) is 6.61 Å². The zero-order valence-corrected chi connectivity index (χ0v) is 9.61. The third-order valence-corrected chi connectivity index (χ3v) is 2.36. The van der Waals surface area contributed by atoms with Gasteiger partial charge in [0.25, 0.3) is 0 Å². The number of aliphatic carboxylic acids is 1. The molecule has 3 nitrogen and oxygen atoms in total. The number of aryl methyl sites for hydroxylation is 1. The van der Waals surface area contributed by atoms with E-state index in [1.165, 1.54) is 5.56 Å². The Morgan fingerprint density at radius 1 is 1.38 bits per heavy atom. The summed E-state index contributed by atoms with van der Waals surface area (Å²) in [5, 5.41) is 8.46. The predicted molar refractivity (Wildman–Crippen MR) is 62.8 cm³/mol. The summed E-state index contributed by atoms with van der Waals surface area (Å²) in [6.07, 6.45) is 2.67. The van der Waals surface area contributed by atoms with Gasteiger partial charge in [-0.05, 0) is 37.0 Å². The number of carboxylic acid groups (broad SMARTS) is 1. The third kappa shape index (κ3) is 4.82. The lowest BCUT2D eigenvalue weighted by Gasteiger charge is -2.06. The second-order valence-electron chi connectivity index (χ2n) is 3.70. The van der Waals surface area contributed by atoms with Crippen LogP contribution in [-0.4, -0.2) is 17.7 Å². The lowest BCUT2D eigenvalue weighted by atomic mass is 10.2. The van der Waals surface area contributed by atoms with Gasteiger partial charge >= 0.3 is 5.97 Å². The number of rotatable bonds is 7. The molecule has 0 aliphatic rings. The van der Waals surface area contributed by atoms with Crippen LogP contribution in [0.1, 0.15) is 31.7 Å². The van der Waals surface area contributed by atoms with Crippen molar-refractivity contribution in [2.24, 2.45) is 0 Å². The monoisotopic (exact) mass is 222 g/mol. The zero-order valence-electron chi connectivity index (χ0n) is 9.61. The first kappa shape index (κ1) is 12.6. The Morgan fingerprint density at radius 2 is 2.19 bits per heavy atom. The van der Waals surface area contributed by atoms with Crippen molar-refractivity contribution < 1.29 is 14.6 Å². The van der Waals surface area contributed by atoms with Crippen LogP contribution >= 0.6 is 0 Å². The van der Waals surface area contributed by atoms with E-state index in [-0.39, 0.29) is 6.42 Å². The predicted octanol–water partition coefficient (Wildman–Crippen LogP) is 2.88.